The van der Waals surface area contributed by atoms with Crippen LogP contribution in [0.2, 0.25) is 0 Å². The Morgan fingerprint density at radius 2 is 1.88 bits per heavy atom. The smallest absolute Gasteiger partial charge is 0.300 e. The van der Waals surface area contributed by atoms with Crippen LogP contribution in [0.15, 0.2) is 34.9 Å². The number of hydrogen-bond acceptors (Lipinski definition) is 6. The second kappa shape index (κ2) is 5.77. The number of rotatable bonds is 2. The summed E-state index contributed by atoms with van der Waals surface area (Å²) in [7, 11) is 0. The molecular weight excluding hydrogens is 321 g/mol. The van der Waals surface area contributed by atoms with Gasteiger partial charge < -0.3 is 14.2 Å². The van der Waals surface area contributed by atoms with E-state index < -0.39 is 5.95 Å². The molecule has 2 bridgehead atoms. The fourth-order valence-corrected chi connectivity index (χ4v) is 3.76. The van der Waals surface area contributed by atoms with Crippen molar-refractivity contribution in [1.29, 1.82) is 0 Å². The van der Waals surface area contributed by atoms with Gasteiger partial charge in [-0.2, -0.15) is 9.37 Å². The van der Waals surface area contributed by atoms with Crippen molar-refractivity contribution >= 4 is 17.2 Å². The van der Waals surface area contributed by atoms with Crippen LogP contribution in [0.4, 0.5) is 10.4 Å². The quantitative estimate of drug-likeness (QED) is 0.669. The van der Waals surface area contributed by atoms with E-state index in [1.54, 1.807) is 6.07 Å². The summed E-state index contributed by atoms with van der Waals surface area (Å²) in [5.74, 6) is -0.500. The zero-order valence-corrected chi connectivity index (χ0v) is 13.7. The maximum atomic E-state index is 13.0. The average Bonchev–Trinajstić information content (AvgIpc) is 2.82. The van der Waals surface area contributed by atoms with Crippen LogP contribution >= 0.6 is 0 Å². The lowest BCUT2D eigenvalue weighted by Crippen LogP contribution is -2.38. The zero-order valence-electron chi connectivity index (χ0n) is 13.7. The minimum atomic E-state index is -0.500. The fourth-order valence-electron chi connectivity index (χ4n) is 3.76. The van der Waals surface area contributed by atoms with E-state index >= 15 is 0 Å². The topological polar surface area (TPSA) is 58.3 Å². The van der Waals surface area contributed by atoms with Gasteiger partial charge in [-0.3, -0.25) is 0 Å². The molecule has 3 saturated heterocycles. The summed E-state index contributed by atoms with van der Waals surface area (Å²) >= 11 is 0. The van der Waals surface area contributed by atoms with Crippen molar-refractivity contribution in [2.24, 2.45) is 0 Å². The highest BCUT2D eigenvalue weighted by atomic mass is 19.1. The van der Waals surface area contributed by atoms with E-state index in [-0.39, 0.29) is 0 Å². The Morgan fingerprint density at radius 3 is 2.68 bits per heavy atom. The summed E-state index contributed by atoms with van der Waals surface area (Å²) in [5, 5.41) is 0. The number of pyridine rings is 2. The largest absolute Gasteiger partial charge is 0.422 e. The second-order valence-corrected chi connectivity index (χ2v) is 6.65. The molecule has 0 spiro atoms. The first kappa shape index (κ1) is 14.8. The van der Waals surface area contributed by atoms with E-state index in [1.165, 1.54) is 12.3 Å². The van der Waals surface area contributed by atoms with Gasteiger partial charge in [0, 0.05) is 44.0 Å². The van der Waals surface area contributed by atoms with E-state index in [9.17, 15) is 4.39 Å². The Labute approximate surface area is 144 Å². The first-order chi connectivity index (χ1) is 12.3. The molecule has 0 aromatic carbocycles. The molecule has 7 heteroatoms. The molecule has 0 atom stereocenters. The van der Waals surface area contributed by atoms with Crippen LogP contribution in [-0.2, 0) is 0 Å². The highest BCUT2D eigenvalue weighted by molar-refractivity contribution is 5.74. The Bertz CT molecular complexity index is 901. The molecule has 0 saturated carbocycles. The van der Waals surface area contributed by atoms with Gasteiger partial charge in [0.25, 0.3) is 6.01 Å². The van der Waals surface area contributed by atoms with Gasteiger partial charge in [-0.1, -0.05) is 0 Å². The third-order valence-electron chi connectivity index (χ3n) is 5.17. The van der Waals surface area contributed by atoms with Crippen LogP contribution < -0.4 is 4.90 Å². The van der Waals surface area contributed by atoms with E-state index in [2.05, 4.69) is 24.8 Å². The molecule has 3 aromatic heterocycles. The van der Waals surface area contributed by atoms with Gasteiger partial charge >= 0.3 is 0 Å². The Morgan fingerprint density at radius 1 is 1.00 bits per heavy atom. The summed E-state index contributed by atoms with van der Waals surface area (Å²) in [5.41, 5.74) is 2.72. The van der Waals surface area contributed by atoms with E-state index in [4.69, 9.17) is 4.42 Å². The number of oxazole rings is 1. The Kier molecular flexibility index (Phi) is 3.41. The highest BCUT2D eigenvalue weighted by Gasteiger charge is 2.31. The number of piperidine rings is 1. The Balaban J connectivity index is 1.50. The van der Waals surface area contributed by atoms with Crippen LogP contribution in [-0.4, -0.2) is 52.1 Å². The number of halogens is 1. The van der Waals surface area contributed by atoms with Crippen LogP contribution in [0.1, 0.15) is 12.8 Å². The van der Waals surface area contributed by atoms with Crippen LogP contribution in [0.3, 0.4) is 0 Å². The minimum absolute atomic E-state index is 0.493. The first-order valence-electron chi connectivity index (χ1n) is 8.65. The van der Waals surface area contributed by atoms with E-state index in [0.29, 0.717) is 29.0 Å². The van der Waals surface area contributed by atoms with Gasteiger partial charge in [-0.15, -0.1) is 0 Å². The summed E-state index contributed by atoms with van der Waals surface area (Å²) < 4.78 is 19.0. The molecule has 3 aliphatic heterocycles. The average molecular weight is 339 g/mol. The van der Waals surface area contributed by atoms with Gasteiger partial charge in [0.05, 0.1) is 5.69 Å². The molecule has 6 rings (SSSR count). The maximum Gasteiger partial charge on any atom is 0.300 e. The molecule has 0 radical (unpaired) electrons. The third-order valence-corrected chi connectivity index (χ3v) is 5.17. The van der Waals surface area contributed by atoms with Gasteiger partial charge in [-0.05, 0) is 37.1 Å². The summed E-state index contributed by atoms with van der Waals surface area (Å²) in [6, 6.07) is 7.87. The summed E-state index contributed by atoms with van der Waals surface area (Å²) in [6.45, 7) is 4.30. The van der Waals surface area contributed by atoms with Gasteiger partial charge in [0.1, 0.15) is 0 Å². The molecule has 0 N–H and O–H groups in total. The molecule has 25 heavy (non-hydrogen) atoms. The van der Waals surface area contributed by atoms with Crippen molar-refractivity contribution in [2.75, 3.05) is 31.1 Å². The first-order valence-corrected chi connectivity index (χ1v) is 8.65. The number of anilines is 1. The number of fused-ring (bicyclic) bond motifs is 5. The van der Waals surface area contributed by atoms with Crippen molar-refractivity contribution in [2.45, 2.75) is 18.9 Å². The van der Waals surface area contributed by atoms with Crippen LogP contribution in [0.5, 0.6) is 0 Å². The Hall–Kier alpha value is -2.54. The second-order valence-electron chi connectivity index (χ2n) is 6.65. The molecule has 6 heterocycles. The normalized spacial score (nSPS) is 23.2. The molecule has 0 unspecified atom stereocenters. The van der Waals surface area contributed by atoms with Crippen molar-refractivity contribution in [3.63, 3.8) is 0 Å². The fraction of sp³-hybridized carbons (Fsp3) is 0.389. The highest BCUT2D eigenvalue weighted by Crippen LogP contribution is 2.29. The summed E-state index contributed by atoms with van der Waals surface area (Å²) in [6.07, 6.45) is 3.78. The van der Waals surface area contributed by atoms with Gasteiger partial charge in [-0.25, -0.2) is 9.97 Å². The van der Waals surface area contributed by atoms with Crippen molar-refractivity contribution < 1.29 is 8.81 Å². The lowest BCUT2D eigenvalue weighted by molar-refractivity contribution is 0.249. The lowest BCUT2D eigenvalue weighted by Gasteiger charge is -2.30. The van der Waals surface area contributed by atoms with Crippen LogP contribution in [0, 0.1) is 5.95 Å². The SMILES string of the molecule is Fc1ccc(-c2ccc3oc(N4CCN5CCC4CC5)nc3n2)cn1. The van der Waals surface area contributed by atoms with Crippen molar-refractivity contribution in [1.82, 2.24) is 19.9 Å². The number of nitrogens with zero attached hydrogens (tertiary/aromatic N) is 5. The van der Waals surface area contributed by atoms with E-state index in [1.807, 2.05) is 12.1 Å². The predicted octanol–water partition coefficient (Wildman–Crippen LogP) is 2.71. The maximum absolute atomic E-state index is 13.0. The molecule has 3 fully saturated rings. The molecule has 3 aromatic rings. The van der Waals surface area contributed by atoms with Crippen LogP contribution in [0.25, 0.3) is 22.5 Å². The van der Waals surface area contributed by atoms with Gasteiger partial charge in [0.2, 0.25) is 11.6 Å². The zero-order chi connectivity index (χ0) is 16.8. The lowest BCUT2D eigenvalue weighted by atomic mass is 10.1. The monoisotopic (exact) mass is 339 g/mol. The molecule has 6 nitrogen and oxygen atoms in total. The molecular formula is C18H18FN5O. The third kappa shape index (κ3) is 2.64. The standard InChI is InChI=1S/C18H18FN5O/c19-16-4-1-12(11-20-16)14-2-3-15-17(21-14)22-18(25-15)24-10-9-23-7-5-13(24)6-8-23/h1-4,11,13H,5-10H2. The van der Waals surface area contributed by atoms with E-state index in [0.717, 1.165) is 44.6 Å². The summed E-state index contributed by atoms with van der Waals surface area (Å²) in [4.78, 5) is 17.7. The van der Waals surface area contributed by atoms with Gasteiger partial charge in [0.15, 0.2) is 5.58 Å². The molecule has 128 valence electrons. The number of aromatic nitrogens is 3. The van der Waals surface area contributed by atoms with Crippen molar-refractivity contribution in [3.8, 4) is 11.3 Å². The molecule has 3 aliphatic rings. The molecule has 0 aliphatic carbocycles. The predicted molar refractivity (Wildman–Crippen MR) is 91.8 cm³/mol. The number of hydrogen-bond donors (Lipinski definition) is 0. The molecule has 0 amide bonds. The minimum Gasteiger partial charge on any atom is -0.422 e. The van der Waals surface area contributed by atoms with Crippen molar-refractivity contribution in [3.05, 3.63) is 36.4 Å².